The molecule has 1 saturated carbocycles. The van der Waals surface area contributed by atoms with Crippen LogP contribution in [0, 0.1) is 0 Å². The summed E-state index contributed by atoms with van der Waals surface area (Å²) < 4.78 is 6.98. The lowest BCUT2D eigenvalue weighted by Crippen LogP contribution is -2.36. The first-order valence-corrected chi connectivity index (χ1v) is 6.43. The summed E-state index contributed by atoms with van der Waals surface area (Å²) in [5, 5.41) is 0. The van der Waals surface area contributed by atoms with Gasteiger partial charge in [0.1, 0.15) is 5.69 Å². The molecular formula is C13H21N3O2. The van der Waals surface area contributed by atoms with Gasteiger partial charge in [-0.15, -0.1) is 0 Å². The van der Waals surface area contributed by atoms with Crippen molar-refractivity contribution in [3.63, 3.8) is 0 Å². The largest absolute Gasteiger partial charge is 0.397 e. The summed E-state index contributed by atoms with van der Waals surface area (Å²) in [6, 6.07) is 2.14. The summed E-state index contributed by atoms with van der Waals surface area (Å²) >= 11 is 0. The lowest BCUT2D eigenvalue weighted by atomic mass is 10.3. The number of nitrogens with zero attached hydrogens (tertiary/aromatic N) is 2. The second-order valence-electron chi connectivity index (χ2n) is 4.67. The van der Waals surface area contributed by atoms with Gasteiger partial charge in [0.15, 0.2) is 0 Å². The van der Waals surface area contributed by atoms with Crippen LogP contribution in [0.15, 0.2) is 12.3 Å². The average Bonchev–Trinajstić information content (AvgIpc) is 3.12. The predicted octanol–water partition coefficient (Wildman–Crippen LogP) is 1.34. The van der Waals surface area contributed by atoms with E-state index in [1.165, 1.54) is 0 Å². The third-order valence-electron chi connectivity index (χ3n) is 3.26. The van der Waals surface area contributed by atoms with Gasteiger partial charge < -0.3 is 19.9 Å². The second-order valence-corrected chi connectivity index (χ2v) is 4.67. The SMILES string of the molecule is CCn1cc(N)cc1C(=O)N(CCOC)C1CC1. The minimum atomic E-state index is 0.0631. The van der Waals surface area contributed by atoms with Crippen LogP contribution < -0.4 is 5.73 Å². The molecule has 1 aromatic rings. The summed E-state index contributed by atoms with van der Waals surface area (Å²) in [6.07, 6.45) is 4.00. The Hall–Kier alpha value is -1.49. The molecule has 0 atom stereocenters. The maximum Gasteiger partial charge on any atom is 0.270 e. The summed E-state index contributed by atoms with van der Waals surface area (Å²) in [4.78, 5) is 14.4. The van der Waals surface area contributed by atoms with Crippen molar-refractivity contribution >= 4 is 11.6 Å². The number of nitrogens with two attached hydrogens (primary N) is 1. The van der Waals surface area contributed by atoms with E-state index in [-0.39, 0.29) is 5.91 Å². The number of anilines is 1. The van der Waals surface area contributed by atoms with E-state index in [0.29, 0.717) is 30.6 Å². The van der Waals surface area contributed by atoms with E-state index < -0.39 is 0 Å². The van der Waals surface area contributed by atoms with Crippen LogP contribution in [0.5, 0.6) is 0 Å². The molecule has 1 heterocycles. The van der Waals surface area contributed by atoms with E-state index in [4.69, 9.17) is 10.5 Å². The molecule has 1 aliphatic rings. The highest BCUT2D eigenvalue weighted by Gasteiger charge is 2.33. The molecule has 18 heavy (non-hydrogen) atoms. The lowest BCUT2D eigenvalue weighted by Gasteiger charge is -2.22. The molecule has 0 spiro atoms. The summed E-state index contributed by atoms with van der Waals surface area (Å²) in [7, 11) is 1.66. The number of nitrogen functional groups attached to an aromatic ring is 1. The van der Waals surface area contributed by atoms with Gasteiger partial charge in [0.2, 0.25) is 0 Å². The highest BCUT2D eigenvalue weighted by atomic mass is 16.5. The number of hydrogen-bond acceptors (Lipinski definition) is 3. The molecule has 0 aliphatic heterocycles. The number of amides is 1. The van der Waals surface area contributed by atoms with Crippen molar-refractivity contribution < 1.29 is 9.53 Å². The number of carbonyl (C=O) groups is 1. The Morgan fingerprint density at radius 3 is 2.89 bits per heavy atom. The van der Waals surface area contributed by atoms with Crippen LogP contribution in [0.25, 0.3) is 0 Å². The maximum atomic E-state index is 12.5. The standard InChI is InChI=1S/C13H21N3O2/c1-3-15-9-10(14)8-12(15)13(17)16(6-7-18-2)11-4-5-11/h8-9,11H,3-7,14H2,1-2H3. The quantitative estimate of drug-likeness (QED) is 0.830. The maximum absolute atomic E-state index is 12.5. The molecule has 1 aromatic heterocycles. The van der Waals surface area contributed by atoms with Gasteiger partial charge in [0.05, 0.1) is 12.3 Å². The van der Waals surface area contributed by atoms with Gasteiger partial charge in [-0.2, -0.15) is 0 Å². The lowest BCUT2D eigenvalue weighted by molar-refractivity contribution is 0.0669. The minimum Gasteiger partial charge on any atom is -0.397 e. The first-order chi connectivity index (χ1) is 8.67. The molecule has 0 unspecified atom stereocenters. The molecule has 5 nitrogen and oxygen atoms in total. The molecule has 0 radical (unpaired) electrons. The zero-order chi connectivity index (χ0) is 13.1. The number of aromatic nitrogens is 1. The second kappa shape index (κ2) is 5.44. The van der Waals surface area contributed by atoms with Gasteiger partial charge in [0, 0.05) is 32.4 Å². The van der Waals surface area contributed by atoms with E-state index in [2.05, 4.69) is 0 Å². The fourth-order valence-electron chi connectivity index (χ4n) is 2.15. The smallest absolute Gasteiger partial charge is 0.270 e. The molecule has 0 bridgehead atoms. The van der Waals surface area contributed by atoms with E-state index in [1.807, 2.05) is 22.6 Å². The first kappa shape index (κ1) is 13.0. The third kappa shape index (κ3) is 2.67. The van der Waals surface area contributed by atoms with E-state index >= 15 is 0 Å². The van der Waals surface area contributed by atoms with Gasteiger partial charge in [-0.1, -0.05) is 0 Å². The zero-order valence-corrected chi connectivity index (χ0v) is 11.1. The van der Waals surface area contributed by atoms with Crippen LogP contribution in [0.3, 0.4) is 0 Å². The Labute approximate surface area is 108 Å². The van der Waals surface area contributed by atoms with Crippen molar-refractivity contribution in [3.8, 4) is 0 Å². The van der Waals surface area contributed by atoms with E-state index in [0.717, 1.165) is 19.4 Å². The molecule has 1 aliphatic carbocycles. The first-order valence-electron chi connectivity index (χ1n) is 6.43. The summed E-state index contributed by atoms with van der Waals surface area (Å²) in [6.45, 7) is 3.98. The fourth-order valence-corrected chi connectivity index (χ4v) is 2.15. The summed E-state index contributed by atoms with van der Waals surface area (Å²) in [5.74, 6) is 0.0631. The molecule has 0 aromatic carbocycles. The van der Waals surface area contributed by atoms with Gasteiger partial charge >= 0.3 is 0 Å². The molecule has 2 N–H and O–H groups in total. The average molecular weight is 251 g/mol. The molecule has 2 rings (SSSR count). The number of aryl methyl sites for hydroxylation is 1. The van der Waals surface area contributed by atoms with Crippen LogP contribution in [0.1, 0.15) is 30.3 Å². The van der Waals surface area contributed by atoms with Crippen molar-refractivity contribution in [1.29, 1.82) is 0 Å². The number of methoxy groups -OCH3 is 1. The Balaban J connectivity index is 2.16. The Morgan fingerprint density at radius 2 is 2.33 bits per heavy atom. The number of carbonyl (C=O) groups excluding carboxylic acids is 1. The van der Waals surface area contributed by atoms with Crippen LogP contribution in [-0.2, 0) is 11.3 Å². The Morgan fingerprint density at radius 1 is 1.61 bits per heavy atom. The van der Waals surface area contributed by atoms with Crippen LogP contribution in [0.2, 0.25) is 0 Å². The monoisotopic (exact) mass is 251 g/mol. The minimum absolute atomic E-state index is 0.0631. The van der Waals surface area contributed by atoms with Gasteiger partial charge in [-0.05, 0) is 25.8 Å². The van der Waals surface area contributed by atoms with E-state index in [1.54, 1.807) is 13.2 Å². The molecule has 1 fully saturated rings. The molecule has 1 amide bonds. The molecular weight excluding hydrogens is 230 g/mol. The number of ether oxygens (including phenoxy) is 1. The zero-order valence-electron chi connectivity index (χ0n) is 11.1. The molecule has 0 saturated heterocycles. The van der Waals surface area contributed by atoms with Crippen LogP contribution in [0.4, 0.5) is 5.69 Å². The van der Waals surface area contributed by atoms with Crippen molar-refractivity contribution in [2.24, 2.45) is 0 Å². The predicted molar refractivity (Wildman–Crippen MR) is 70.5 cm³/mol. The van der Waals surface area contributed by atoms with Crippen LogP contribution >= 0.6 is 0 Å². The van der Waals surface area contributed by atoms with Crippen molar-refractivity contribution in [3.05, 3.63) is 18.0 Å². The fraction of sp³-hybridized carbons (Fsp3) is 0.615. The topological polar surface area (TPSA) is 60.5 Å². The van der Waals surface area contributed by atoms with Crippen molar-refractivity contribution in [1.82, 2.24) is 9.47 Å². The Kier molecular flexibility index (Phi) is 3.91. The van der Waals surface area contributed by atoms with E-state index in [9.17, 15) is 4.79 Å². The summed E-state index contributed by atoms with van der Waals surface area (Å²) in [5.41, 5.74) is 7.09. The Bertz CT molecular complexity index is 424. The van der Waals surface area contributed by atoms with Gasteiger partial charge in [0.25, 0.3) is 5.91 Å². The van der Waals surface area contributed by atoms with Crippen LogP contribution in [-0.4, -0.2) is 41.7 Å². The molecule has 5 heteroatoms. The highest BCUT2D eigenvalue weighted by Crippen LogP contribution is 2.28. The normalized spacial score (nSPS) is 14.8. The van der Waals surface area contributed by atoms with Gasteiger partial charge in [-0.25, -0.2) is 0 Å². The third-order valence-corrected chi connectivity index (χ3v) is 3.26. The molecule has 100 valence electrons. The number of hydrogen-bond donors (Lipinski definition) is 1. The number of rotatable bonds is 6. The van der Waals surface area contributed by atoms with Gasteiger partial charge in [-0.3, -0.25) is 4.79 Å². The van der Waals surface area contributed by atoms with Crippen molar-refractivity contribution in [2.45, 2.75) is 32.4 Å². The highest BCUT2D eigenvalue weighted by molar-refractivity contribution is 5.94. The van der Waals surface area contributed by atoms with Crippen molar-refractivity contribution in [2.75, 3.05) is 26.0 Å².